The first-order valence-electron chi connectivity index (χ1n) is 8.94. The van der Waals surface area contributed by atoms with Crippen molar-refractivity contribution in [2.24, 2.45) is 10.2 Å². The van der Waals surface area contributed by atoms with E-state index in [0.29, 0.717) is 44.5 Å². The maximum Gasteiger partial charge on any atom is 0.248 e. The Morgan fingerprint density at radius 3 is 2.88 bits per heavy atom. The van der Waals surface area contributed by atoms with Crippen LogP contribution in [0.2, 0.25) is 0 Å². The fourth-order valence-electron chi connectivity index (χ4n) is 3.28. The van der Waals surface area contributed by atoms with Crippen molar-refractivity contribution in [3.63, 3.8) is 0 Å². The summed E-state index contributed by atoms with van der Waals surface area (Å²) < 4.78 is 0. The second kappa shape index (κ2) is 7.65. The molecule has 1 atom stereocenters. The van der Waals surface area contributed by atoms with Gasteiger partial charge in [0.25, 0.3) is 0 Å². The van der Waals surface area contributed by atoms with Gasteiger partial charge in [0.15, 0.2) is 5.66 Å². The van der Waals surface area contributed by atoms with Gasteiger partial charge in [-0.25, -0.2) is 4.98 Å². The molecule has 2 aliphatic heterocycles. The first kappa shape index (κ1) is 18.1. The maximum absolute atomic E-state index is 12.6. The minimum atomic E-state index is -0.467. The lowest BCUT2D eigenvalue weighted by Gasteiger charge is -2.24. The van der Waals surface area contributed by atoms with Crippen LogP contribution in [0.15, 0.2) is 28.4 Å². The van der Waals surface area contributed by atoms with Crippen LogP contribution >= 0.6 is 0 Å². The third-order valence-electron chi connectivity index (χ3n) is 4.81. The molecule has 0 radical (unpaired) electrons. The zero-order chi connectivity index (χ0) is 18.6. The van der Waals surface area contributed by atoms with Gasteiger partial charge in [-0.2, -0.15) is 10.2 Å². The molecule has 0 bridgehead atoms. The molecule has 0 unspecified atom stereocenters. The van der Waals surface area contributed by atoms with E-state index in [1.54, 1.807) is 11.0 Å². The largest absolute Gasteiger partial charge is 0.331 e. The molecule has 7 heteroatoms. The van der Waals surface area contributed by atoms with Crippen molar-refractivity contribution >= 4 is 17.6 Å². The number of hydrogen-bond acceptors (Lipinski definition) is 5. The third-order valence-corrected chi connectivity index (χ3v) is 4.81. The highest BCUT2D eigenvalue weighted by Gasteiger charge is 2.41. The van der Waals surface area contributed by atoms with E-state index in [2.05, 4.69) is 26.4 Å². The molecule has 26 heavy (non-hydrogen) atoms. The average Bonchev–Trinajstić information content (AvgIpc) is 3.21. The van der Waals surface area contributed by atoms with Crippen molar-refractivity contribution in [1.82, 2.24) is 9.88 Å². The lowest BCUT2D eigenvalue weighted by atomic mass is 10.0. The molecule has 2 amide bonds. The summed E-state index contributed by atoms with van der Waals surface area (Å²) in [5, 5.41) is 10.9. The minimum Gasteiger partial charge on any atom is -0.331 e. The normalized spacial score (nSPS) is 19.8. The monoisotopic (exact) mass is 353 g/mol. The summed E-state index contributed by atoms with van der Waals surface area (Å²) in [7, 11) is 0. The minimum absolute atomic E-state index is 0.0303. The van der Waals surface area contributed by atoms with Gasteiger partial charge in [-0.05, 0) is 31.9 Å². The van der Waals surface area contributed by atoms with Crippen molar-refractivity contribution in [2.75, 3.05) is 11.9 Å². The summed E-state index contributed by atoms with van der Waals surface area (Å²) in [6.07, 6.45) is 8.93. The molecule has 0 spiro atoms. The summed E-state index contributed by atoms with van der Waals surface area (Å²) in [5.41, 5.74) is 0.363. The van der Waals surface area contributed by atoms with Crippen LogP contribution in [0.4, 0.5) is 5.82 Å². The lowest BCUT2D eigenvalue weighted by Crippen LogP contribution is -2.43. The van der Waals surface area contributed by atoms with Crippen LogP contribution in [0.1, 0.15) is 44.2 Å². The van der Waals surface area contributed by atoms with Crippen molar-refractivity contribution in [1.29, 1.82) is 0 Å². The highest BCUT2D eigenvalue weighted by molar-refractivity contribution is 5.96. The van der Waals surface area contributed by atoms with Crippen LogP contribution in [0.5, 0.6) is 0 Å². The van der Waals surface area contributed by atoms with E-state index in [4.69, 9.17) is 6.42 Å². The Kier molecular flexibility index (Phi) is 5.31. The first-order valence-corrected chi connectivity index (χ1v) is 8.94. The molecule has 1 N–H and O–H groups in total. The lowest BCUT2D eigenvalue weighted by molar-refractivity contribution is -0.136. The fraction of sp³-hybridized carbons (Fsp3) is 0.526. The molecule has 0 aromatic carbocycles. The number of amides is 2. The molecule has 0 aliphatic carbocycles. The molecule has 7 nitrogen and oxygen atoms in total. The Balaban J connectivity index is 1.54. The Hall–Kier alpha value is -2.75. The topological polar surface area (TPSA) is 87.0 Å². The van der Waals surface area contributed by atoms with Crippen LogP contribution in [-0.4, -0.2) is 39.9 Å². The van der Waals surface area contributed by atoms with E-state index in [-0.39, 0.29) is 11.8 Å². The molecule has 3 rings (SSSR count). The summed E-state index contributed by atoms with van der Waals surface area (Å²) in [6, 6.07) is 5.01. The van der Waals surface area contributed by atoms with E-state index in [1.807, 2.05) is 19.1 Å². The molecular weight excluding hydrogens is 330 g/mol. The molecule has 1 fully saturated rings. The predicted molar refractivity (Wildman–Crippen MR) is 97.2 cm³/mol. The van der Waals surface area contributed by atoms with E-state index < -0.39 is 11.7 Å². The zero-order valence-electron chi connectivity index (χ0n) is 14.9. The van der Waals surface area contributed by atoms with Crippen LogP contribution < -0.4 is 5.32 Å². The smallest absolute Gasteiger partial charge is 0.248 e. The molecule has 136 valence electrons. The van der Waals surface area contributed by atoms with Gasteiger partial charge >= 0.3 is 0 Å². The van der Waals surface area contributed by atoms with Crippen molar-refractivity contribution in [2.45, 2.75) is 57.2 Å². The van der Waals surface area contributed by atoms with Gasteiger partial charge in [-0.1, -0.05) is 6.07 Å². The summed E-state index contributed by atoms with van der Waals surface area (Å²) in [5.74, 6) is 2.88. The average molecular weight is 353 g/mol. The Morgan fingerprint density at radius 2 is 2.19 bits per heavy atom. The Morgan fingerprint density at radius 1 is 1.38 bits per heavy atom. The number of carbonyl (C=O) groups is 2. The van der Waals surface area contributed by atoms with Crippen molar-refractivity contribution in [3.05, 3.63) is 23.9 Å². The number of hydrogen-bond donors (Lipinski definition) is 1. The highest BCUT2D eigenvalue weighted by atomic mass is 16.2. The van der Waals surface area contributed by atoms with Gasteiger partial charge in [-0.3, -0.25) is 9.59 Å². The first-order chi connectivity index (χ1) is 12.5. The SMILES string of the molecule is C#CCCC1(CCC(=O)N2CCC[C@H]2C(=O)Nc2cccc(C)n2)N=N1. The predicted octanol–water partition coefficient (Wildman–Crippen LogP) is 2.68. The molecule has 2 aliphatic rings. The molecule has 1 aromatic rings. The number of anilines is 1. The second-order valence-electron chi connectivity index (χ2n) is 6.79. The fourth-order valence-corrected chi connectivity index (χ4v) is 3.28. The van der Waals surface area contributed by atoms with E-state index >= 15 is 0 Å². The number of likely N-dealkylation sites (tertiary alicyclic amines) is 1. The van der Waals surface area contributed by atoms with E-state index in [1.165, 1.54) is 0 Å². The number of pyridine rings is 1. The molecule has 3 heterocycles. The quantitative estimate of drug-likeness (QED) is 0.765. The number of rotatable bonds is 7. The van der Waals surface area contributed by atoms with Crippen molar-refractivity contribution < 1.29 is 9.59 Å². The van der Waals surface area contributed by atoms with Crippen LogP contribution in [0.25, 0.3) is 0 Å². The van der Waals surface area contributed by atoms with Gasteiger partial charge in [0.2, 0.25) is 11.8 Å². The number of aromatic nitrogens is 1. The highest BCUT2D eigenvalue weighted by Crippen LogP contribution is 2.38. The molecular formula is C19H23N5O2. The number of nitrogens with zero attached hydrogens (tertiary/aromatic N) is 4. The van der Waals surface area contributed by atoms with Gasteiger partial charge < -0.3 is 10.2 Å². The molecule has 1 saturated heterocycles. The summed E-state index contributed by atoms with van der Waals surface area (Å²) in [6.45, 7) is 2.47. The number of aryl methyl sites for hydroxylation is 1. The maximum atomic E-state index is 12.6. The van der Waals surface area contributed by atoms with Crippen LogP contribution in [-0.2, 0) is 9.59 Å². The standard InChI is InChI=1S/C19H23N5O2/c1-3-4-11-19(22-23-19)12-10-17(25)24-13-6-8-15(24)18(26)21-16-9-5-7-14(2)20-16/h1,5,7,9,15H,4,6,8,10-13H2,2H3,(H,20,21,26)/t15-/m0/s1. The molecule has 1 aromatic heterocycles. The Labute approximate surface area is 153 Å². The third kappa shape index (κ3) is 4.26. The van der Waals surface area contributed by atoms with Gasteiger partial charge in [0, 0.05) is 37.9 Å². The second-order valence-corrected chi connectivity index (χ2v) is 6.79. The Bertz CT molecular complexity index is 761. The number of nitrogens with one attached hydrogen (secondary N) is 1. The number of terminal acetylenes is 1. The van der Waals surface area contributed by atoms with Crippen LogP contribution in [0, 0.1) is 19.3 Å². The number of carbonyl (C=O) groups excluding carboxylic acids is 2. The van der Waals surface area contributed by atoms with Crippen molar-refractivity contribution in [3.8, 4) is 12.3 Å². The van der Waals surface area contributed by atoms with E-state index in [0.717, 1.165) is 12.1 Å². The van der Waals surface area contributed by atoms with Gasteiger partial charge in [0.1, 0.15) is 11.9 Å². The summed E-state index contributed by atoms with van der Waals surface area (Å²) in [4.78, 5) is 31.2. The van der Waals surface area contributed by atoms with Gasteiger partial charge in [0.05, 0.1) is 0 Å². The van der Waals surface area contributed by atoms with Gasteiger partial charge in [-0.15, -0.1) is 12.3 Å². The summed E-state index contributed by atoms with van der Waals surface area (Å²) >= 11 is 0. The van der Waals surface area contributed by atoms with E-state index in [9.17, 15) is 9.59 Å². The zero-order valence-corrected chi connectivity index (χ0v) is 14.9. The molecule has 0 saturated carbocycles. The van der Waals surface area contributed by atoms with Crippen LogP contribution in [0.3, 0.4) is 0 Å².